The highest BCUT2D eigenvalue weighted by Crippen LogP contribution is 2.44. The summed E-state index contributed by atoms with van der Waals surface area (Å²) in [5.41, 5.74) is 7.94. The molecular weight excluding hydrogens is 288 g/mol. The van der Waals surface area contributed by atoms with Crippen molar-refractivity contribution < 1.29 is 9.53 Å². The zero-order valence-corrected chi connectivity index (χ0v) is 14.3. The summed E-state index contributed by atoms with van der Waals surface area (Å²) in [6, 6.07) is 6.38. The Labute approximate surface area is 139 Å². The van der Waals surface area contributed by atoms with Gasteiger partial charge in [-0.3, -0.25) is 4.79 Å². The van der Waals surface area contributed by atoms with Crippen LogP contribution >= 0.6 is 0 Å². The molecule has 126 valence electrons. The van der Waals surface area contributed by atoms with Gasteiger partial charge in [-0.25, -0.2) is 0 Å². The van der Waals surface area contributed by atoms with Crippen LogP contribution in [0.2, 0.25) is 0 Å². The molecule has 1 atom stereocenters. The lowest BCUT2D eigenvalue weighted by molar-refractivity contribution is -0.138. The maximum absolute atomic E-state index is 13.4. The molecule has 4 nitrogen and oxygen atoms in total. The van der Waals surface area contributed by atoms with Crippen molar-refractivity contribution in [3.8, 4) is 5.75 Å². The second-order valence-corrected chi connectivity index (χ2v) is 7.13. The number of methoxy groups -OCH3 is 1. The van der Waals surface area contributed by atoms with Gasteiger partial charge in [0.05, 0.1) is 12.5 Å². The number of nitrogens with zero attached hydrogens (tertiary/aromatic N) is 1. The number of rotatable bonds is 3. The quantitative estimate of drug-likeness (QED) is 0.933. The first-order valence-electron chi connectivity index (χ1n) is 8.77. The molecule has 1 unspecified atom stereocenters. The molecule has 2 aliphatic rings. The third-order valence-corrected chi connectivity index (χ3v) is 5.57. The minimum atomic E-state index is -0.377. The molecule has 23 heavy (non-hydrogen) atoms. The normalized spacial score (nSPS) is 23.8. The zero-order valence-electron chi connectivity index (χ0n) is 14.3. The van der Waals surface area contributed by atoms with Gasteiger partial charge in [0.1, 0.15) is 5.75 Å². The molecule has 0 bridgehead atoms. The summed E-state index contributed by atoms with van der Waals surface area (Å²) in [7, 11) is 1.69. The van der Waals surface area contributed by atoms with Crippen molar-refractivity contribution >= 4 is 5.91 Å². The Morgan fingerprint density at radius 2 is 2.04 bits per heavy atom. The molecular formula is C19H28N2O2. The molecule has 1 aliphatic carbocycles. The Morgan fingerprint density at radius 1 is 1.30 bits per heavy atom. The highest BCUT2D eigenvalue weighted by molar-refractivity contribution is 5.89. The lowest BCUT2D eigenvalue weighted by Crippen LogP contribution is -2.52. The monoisotopic (exact) mass is 316 g/mol. The first-order valence-corrected chi connectivity index (χ1v) is 8.77. The number of nitrogens with two attached hydrogens (primary N) is 1. The fraction of sp³-hybridized carbons (Fsp3) is 0.632. The number of ether oxygens (including phenoxy) is 1. The molecule has 4 heteroatoms. The van der Waals surface area contributed by atoms with Gasteiger partial charge >= 0.3 is 0 Å². The fourth-order valence-electron chi connectivity index (χ4n) is 4.22. The number of amides is 1. The van der Waals surface area contributed by atoms with Crippen LogP contribution in [0.25, 0.3) is 0 Å². The molecule has 2 fully saturated rings. The summed E-state index contributed by atoms with van der Waals surface area (Å²) in [6.45, 7) is 3.58. The van der Waals surface area contributed by atoms with E-state index in [1.165, 1.54) is 0 Å². The first kappa shape index (κ1) is 16.3. The number of hydrogen-bond acceptors (Lipinski definition) is 3. The zero-order chi connectivity index (χ0) is 16.4. The summed E-state index contributed by atoms with van der Waals surface area (Å²) in [5, 5.41) is 0. The van der Waals surface area contributed by atoms with Crippen molar-refractivity contribution in [1.29, 1.82) is 0 Å². The van der Waals surface area contributed by atoms with Gasteiger partial charge in [-0.15, -0.1) is 0 Å². The maximum Gasteiger partial charge on any atom is 0.233 e. The smallest absolute Gasteiger partial charge is 0.233 e. The van der Waals surface area contributed by atoms with Crippen molar-refractivity contribution in [1.82, 2.24) is 4.90 Å². The predicted octanol–water partition coefficient (Wildman–Crippen LogP) is 2.77. The van der Waals surface area contributed by atoms with Gasteiger partial charge in [0.25, 0.3) is 0 Å². The van der Waals surface area contributed by atoms with Crippen molar-refractivity contribution in [2.45, 2.75) is 56.9 Å². The molecule has 1 aliphatic heterocycles. The molecule has 1 amide bonds. The number of hydrogen-bond donors (Lipinski definition) is 1. The Kier molecular flexibility index (Phi) is 4.62. The van der Waals surface area contributed by atoms with Crippen molar-refractivity contribution in [2.24, 2.45) is 5.73 Å². The van der Waals surface area contributed by atoms with E-state index in [0.717, 1.165) is 61.9 Å². The van der Waals surface area contributed by atoms with E-state index in [4.69, 9.17) is 10.5 Å². The van der Waals surface area contributed by atoms with E-state index in [-0.39, 0.29) is 17.4 Å². The Balaban J connectivity index is 1.94. The minimum Gasteiger partial charge on any atom is -0.496 e. The van der Waals surface area contributed by atoms with E-state index in [1.807, 2.05) is 11.8 Å². The second kappa shape index (κ2) is 6.52. The summed E-state index contributed by atoms with van der Waals surface area (Å²) in [5.74, 6) is 1.15. The Bertz CT molecular complexity index is 579. The van der Waals surface area contributed by atoms with Crippen LogP contribution < -0.4 is 10.5 Å². The summed E-state index contributed by atoms with van der Waals surface area (Å²) in [6.07, 6.45) is 6.13. The van der Waals surface area contributed by atoms with E-state index in [2.05, 4.69) is 18.2 Å². The molecule has 0 aromatic heterocycles. The van der Waals surface area contributed by atoms with Gasteiger partial charge in [0, 0.05) is 19.1 Å². The Morgan fingerprint density at radius 3 is 2.70 bits per heavy atom. The van der Waals surface area contributed by atoms with Gasteiger partial charge in [-0.2, -0.15) is 0 Å². The van der Waals surface area contributed by atoms with Crippen LogP contribution in [-0.2, 0) is 10.2 Å². The fourth-order valence-corrected chi connectivity index (χ4v) is 4.22. The van der Waals surface area contributed by atoms with Crippen LogP contribution in [0.5, 0.6) is 5.75 Å². The van der Waals surface area contributed by atoms with Crippen LogP contribution in [0.1, 0.15) is 49.7 Å². The average Bonchev–Trinajstić information content (AvgIpc) is 3.05. The van der Waals surface area contributed by atoms with Gasteiger partial charge in [0.15, 0.2) is 0 Å². The van der Waals surface area contributed by atoms with E-state index >= 15 is 0 Å². The number of aryl methyl sites for hydroxylation is 1. The first-order chi connectivity index (χ1) is 11.1. The number of benzene rings is 1. The topological polar surface area (TPSA) is 55.6 Å². The van der Waals surface area contributed by atoms with Crippen LogP contribution in [0.15, 0.2) is 18.2 Å². The van der Waals surface area contributed by atoms with E-state index in [1.54, 1.807) is 7.11 Å². The standard InChI is InChI=1S/C19H28N2O2/c1-14-7-8-15(12-17(14)23-2)19(9-3-4-10-19)18(22)21-11-5-6-16(20)13-21/h7-8,12,16H,3-6,9-11,13,20H2,1-2H3. The van der Waals surface area contributed by atoms with Gasteiger partial charge < -0.3 is 15.4 Å². The molecule has 1 aromatic rings. The van der Waals surface area contributed by atoms with Crippen molar-refractivity contribution in [3.05, 3.63) is 29.3 Å². The molecule has 3 rings (SSSR count). The highest BCUT2D eigenvalue weighted by Gasteiger charge is 2.45. The third-order valence-electron chi connectivity index (χ3n) is 5.57. The summed E-state index contributed by atoms with van der Waals surface area (Å²) >= 11 is 0. The minimum absolute atomic E-state index is 0.124. The molecule has 1 heterocycles. The largest absolute Gasteiger partial charge is 0.496 e. The number of carbonyl (C=O) groups is 1. The van der Waals surface area contributed by atoms with Crippen molar-refractivity contribution in [3.63, 3.8) is 0 Å². The molecule has 0 spiro atoms. The van der Waals surface area contributed by atoms with Crippen LogP contribution in [0, 0.1) is 6.92 Å². The van der Waals surface area contributed by atoms with E-state index in [0.29, 0.717) is 6.54 Å². The van der Waals surface area contributed by atoms with Crippen molar-refractivity contribution in [2.75, 3.05) is 20.2 Å². The molecule has 1 saturated carbocycles. The SMILES string of the molecule is COc1cc(C2(C(=O)N3CCCC(N)C3)CCCC2)ccc1C. The Hall–Kier alpha value is -1.55. The van der Waals surface area contributed by atoms with E-state index in [9.17, 15) is 4.79 Å². The van der Waals surface area contributed by atoms with Gasteiger partial charge in [0.2, 0.25) is 5.91 Å². The second-order valence-electron chi connectivity index (χ2n) is 7.13. The predicted molar refractivity (Wildman–Crippen MR) is 91.7 cm³/mol. The molecule has 2 N–H and O–H groups in total. The lowest BCUT2D eigenvalue weighted by Gasteiger charge is -2.38. The molecule has 0 radical (unpaired) electrons. The highest BCUT2D eigenvalue weighted by atomic mass is 16.5. The van der Waals surface area contributed by atoms with Gasteiger partial charge in [-0.05, 0) is 49.8 Å². The van der Waals surface area contributed by atoms with E-state index < -0.39 is 0 Å². The van der Waals surface area contributed by atoms with Crippen LogP contribution in [0.4, 0.5) is 0 Å². The summed E-state index contributed by atoms with van der Waals surface area (Å²) in [4.78, 5) is 15.4. The average molecular weight is 316 g/mol. The lowest BCUT2D eigenvalue weighted by atomic mass is 9.76. The third kappa shape index (κ3) is 2.97. The molecule has 1 aromatic carbocycles. The number of carbonyl (C=O) groups excluding carboxylic acids is 1. The number of likely N-dealkylation sites (tertiary alicyclic amines) is 1. The van der Waals surface area contributed by atoms with Crippen LogP contribution in [-0.4, -0.2) is 37.0 Å². The molecule has 1 saturated heterocycles. The van der Waals surface area contributed by atoms with Crippen LogP contribution in [0.3, 0.4) is 0 Å². The maximum atomic E-state index is 13.4. The van der Waals surface area contributed by atoms with Gasteiger partial charge in [-0.1, -0.05) is 25.0 Å². The number of piperidine rings is 1. The summed E-state index contributed by atoms with van der Waals surface area (Å²) < 4.78 is 5.49.